The summed E-state index contributed by atoms with van der Waals surface area (Å²) >= 11 is 0. The third kappa shape index (κ3) is 4.73. The third-order valence-electron chi connectivity index (χ3n) is 3.59. The second-order valence-corrected chi connectivity index (χ2v) is 5.96. The second kappa shape index (κ2) is 8.19. The molecule has 0 saturated heterocycles. The summed E-state index contributed by atoms with van der Waals surface area (Å²) in [6.45, 7) is 2.36. The number of amides is 1. The van der Waals surface area contributed by atoms with Gasteiger partial charge < -0.3 is 22.1 Å². The minimum Gasteiger partial charge on any atom is -0.365 e. The first-order valence-electron chi connectivity index (χ1n) is 8.33. The minimum atomic E-state index is -0.626. The van der Waals surface area contributed by atoms with Crippen molar-refractivity contribution >= 4 is 23.4 Å². The zero-order valence-corrected chi connectivity index (χ0v) is 14.8. The number of carbonyl (C=O) groups is 1. The monoisotopic (exact) mass is 364 g/mol. The molecule has 2 heterocycles. The average Bonchev–Trinajstić information content (AvgIpc) is 2.67. The van der Waals surface area contributed by atoms with Crippen LogP contribution in [0.3, 0.4) is 0 Å². The van der Waals surface area contributed by atoms with Crippen LogP contribution < -0.4 is 22.1 Å². The molecule has 1 atom stereocenters. The summed E-state index contributed by atoms with van der Waals surface area (Å²) in [5.74, 6) is 0.621. The van der Waals surface area contributed by atoms with E-state index in [1.54, 1.807) is 18.5 Å². The van der Waals surface area contributed by atoms with Crippen molar-refractivity contribution in [3.63, 3.8) is 0 Å². The van der Waals surface area contributed by atoms with Gasteiger partial charge in [0.1, 0.15) is 11.4 Å². The highest BCUT2D eigenvalue weighted by atomic mass is 16.1. The Labute approximate surface area is 156 Å². The van der Waals surface area contributed by atoms with Crippen LogP contribution in [0.4, 0.5) is 17.5 Å². The molecule has 0 aliphatic heterocycles. The highest BCUT2D eigenvalue weighted by molar-refractivity contribution is 5.98. The SMILES string of the molecule is C[C@H](N)CNc1ncc(C(N)=O)c(Nc2cccc(-c3ncccn3)c2)n1. The van der Waals surface area contributed by atoms with Crippen molar-refractivity contribution in [1.29, 1.82) is 0 Å². The Kier molecular flexibility index (Phi) is 5.53. The van der Waals surface area contributed by atoms with Gasteiger partial charge in [0.15, 0.2) is 5.82 Å². The molecule has 6 N–H and O–H groups in total. The maximum absolute atomic E-state index is 11.7. The van der Waals surface area contributed by atoms with Crippen LogP contribution in [0.5, 0.6) is 0 Å². The minimum absolute atomic E-state index is 0.0663. The van der Waals surface area contributed by atoms with Crippen molar-refractivity contribution in [1.82, 2.24) is 19.9 Å². The van der Waals surface area contributed by atoms with Gasteiger partial charge in [-0.1, -0.05) is 12.1 Å². The van der Waals surface area contributed by atoms with Crippen molar-refractivity contribution in [3.05, 3.63) is 54.5 Å². The molecule has 1 amide bonds. The van der Waals surface area contributed by atoms with Gasteiger partial charge in [-0.15, -0.1) is 0 Å². The summed E-state index contributed by atoms with van der Waals surface area (Å²) in [7, 11) is 0. The summed E-state index contributed by atoms with van der Waals surface area (Å²) in [5.41, 5.74) is 12.9. The van der Waals surface area contributed by atoms with Gasteiger partial charge in [0.2, 0.25) is 5.95 Å². The number of nitrogens with zero attached hydrogens (tertiary/aromatic N) is 4. The van der Waals surface area contributed by atoms with E-state index < -0.39 is 5.91 Å². The lowest BCUT2D eigenvalue weighted by atomic mass is 10.2. The molecule has 9 nitrogen and oxygen atoms in total. The lowest BCUT2D eigenvalue weighted by Crippen LogP contribution is -2.26. The highest BCUT2D eigenvalue weighted by Gasteiger charge is 2.13. The Balaban J connectivity index is 1.89. The zero-order chi connectivity index (χ0) is 19.2. The fraction of sp³-hybridized carbons (Fsp3) is 0.167. The van der Waals surface area contributed by atoms with E-state index in [-0.39, 0.29) is 11.6 Å². The van der Waals surface area contributed by atoms with Crippen LogP contribution in [0.15, 0.2) is 48.9 Å². The summed E-state index contributed by atoms with van der Waals surface area (Å²) in [6.07, 6.45) is 4.73. The van der Waals surface area contributed by atoms with Gasteiger partial charge in [-0.2, -0.15) is 4.98 Å². The maximum Gasteiger partial charge on any atom is 0.254 e. The van der Waals surface area contributed by atoms with Crippen LogP contribution in [0.1, 0.15) is 17.3 Å². The fourth-order valence-electron chi connectivity index (χ4n) is 2.32. The van der Waals surface area contributed by atoms with E-state index in [0.717, 1.165) is 5.56 Å². The van der Waals surface area contributed by atoms with E-state index in [2.05, 4.69) is 30.6 Å². The lowest BCUT2D eigenvalue weighted by molar-refractivity contribution is 0.100. The zero-order valence-electron chi connectivity index (χ0n) is 14.8. The predicted octanol–water partition coefficient (Wildman–Crippen LogP) is 1.54. The number of primary amides is 1. The van der Waals surface area contributed by atoms with Crippen molar-refractivity contribution in [2.45, 2.75) is 13.0 Å². The smallest absolute Gasteiger partial charge is 0.254 e. The van der Waals surface area contributed by atoms with Crippen molar-refractivity contribution in [3.8, 4) is 11.4 Å². The molecule has 0 saturated carbocycles. The Morgan fingerprint density at radius 2 is 1.96 bits per heavy atom. The first-order chi connectivity index (χ1) is 13.0. The molecular formula is C18H20N8O. The van der Waals surface area contributed by atoms with Gasteiger partial charge >= 0.3 is 0 Å². The molecule has 0 aliphatic rings. The maximum atomic E-state index is 11.7. The van der Waals surface area contributed by atoms with E-state index in [1.165, 1.54) is 6.20 Å². The molecule has 0 bridgehead atoms. The van der Waals surface area contributed by atoms with Crippen molar-refractivity contribution in [2.75, 3.05) is 17.2 Å². The molecule has 0 unspecified atom stereocenters. The Hall–Kier alpha value is -3.59. The standard InChI is InChI=1S/C18H20N8O/c1-11(19)9-23-18-24-10-14(15(20)27)17(26-18)25-13-5-2-4-12(8-13)16-21-6-3-7-22-16/h2-8,10-11H,9,19H2,1H3,(H2,20,27)(H2,23,24,25,26)/t11-/m0/s1. The number of hydrogen-bond acceptors (Lipinski definition) is 8. The number of nitrogens with one attached hydrogen (secondary N) is 2. The number of anilines is 3. The van der Waals surface area contributed by atoms with Gasteiger partial charge in [0.25, 0.3) is 5.91 Å². The van der Waals surface area contributed by atoms with Crippen molar-refractivity contribution < 1.29 is 4.79 Å². The number of aromatic nitrogens is 4. The molecule has 0 fully saturated rings. The van der Waals surface area contributed by atoms with Gasteiger partial charge in [-0.25, -0.2) is 15.0 Å². The van der Waals surface area contributed by atoms with Gasteiger partial charge in [-0.3, -0.25) is 4.79 Å². The predicted molar refractivity (Wildman–Crippen MR) is 103 cm³/mol. The quantitative estimate of drug-likeness (QED) is 0.494. The molecule has 3 rings (SSSR count). The van der Waals surface area contributed by atoms with Crippen LogP contribution in [-0.2, 0) is 0 Å². The van der Waals surface area contributed by atoms with Crippen LogP contribution >= 0.6 is 0 Å². The molecule has 0 radical (unpaired) electrons. The molecule has 138 valence electrons. The van der Waals surface area contributed by atoms with Crippen LogP contribution in [0.25, 0.3) is 11.4 Å². The summed E-state index contributed by atoms with van der Waals surface area (Å²) < 4.78 is 0. The first kappa shape index (κ1) is 18.2. The van der Waals surface area contributed by atoms with E-state index in [1.807, 2.05) is 31.2 Å². The largest absolute Gasteiger partial charge is 0.365 e. The summed E-state index contributed by atoms with van der Waals surface area (Å²) in [6, 6.07) is 9.14. The number of nitrogens with two attached hydrogens (primary N) is 2. The fourth-order valence-corrected chi connectivity index (χ4v) is 2.32. The van der Waals surface area contributed by atoms with E-state index in [9.17, 15) is 4.79 Å². The van der Waals surface area contributed by atoms with Gasteiger partial charge in [0.05, 0.1) is 0 Å². The molecule has 0 aliphatic carbocycles. The highest BCUT2D eigenvalue weighted by Crippen LogP contribution is 2.23. The first-order valence-corrected chi connectivity index (χ1v) is 8.33. The number of hydrogen-bond donors (Lipinski definition) is 4. The van der Waals surface area contributed by atoms with Crippen molar-refractivity contribution in [2.24, 2.45) is 11.5 Å². The average molecular weight is 364 g/mol. The normalized spacial score (nSPS) is 11.6. The van der Waals surface area contributed by atoms with Gasteiger partial charge in [0, 0.05) is 42.4 Å². The number of rotatable bonds is 7. The number of carbonyl (C=O) groups excluding carboxylic acids is 1. The molecular weight excluding hydrogens is 344 g/mol. The summed E-state index contributed by atoms with van der Waals surface area (Å²) in [5, 5.41) is 6.13. The van der Waals surface area contributed by atoms with E-state index in [0.29, 0.717) is 29.8 Å². The van der Waals surface area contributed by atoms with Crippen LogP contribution in [0, 0.1) is 0 Å². The molecule has 0 spiro atoms. The van der Waals surface area contributed by atoms with E-state index >= 15 is 0 Å². The van der Waals surface area contributed by atoms with Crippen LogP contribution in [0.2, 0.25) is 0 Å². The molecule has 27 heavy (non-hydrogen) atoms. The number of benzene rings is 1. The Morgan fingerprint density at radius 3 is 2.67 bits per heavy atom. The molecule has 2 aromatic heterocycles. The lowest BCUT2D eigenvalue weighted by Gasteiger charge is -2.13. The molecule has 3 aromatic rings. The Bertz CT molecular complexity index is 930. The molecule has 9 heteroatoms. The molecule has 1 aromatic carbocycles. The topological polar surface area (TPSA) is 145 Å². The third-order valence-corrected chi connectivity index (χ3v) is 3.59. The second-order valence-electron chi connectivity index (χ2n) is 5.96. The Morgan fingerprint density at radius 1 is 1.19 bits per heavy atom. The van der Waals surface area contributed by atoms with E-state index in [4.69, 9.17) is 11.5 Å². The summed E-state index contributed by atoms with van der Waals surface area (Å²) in [4.78, 5) is 28.6. The van der Waals surface area contributed by atoms with Crippen LogP contribution in [-0.4, -0.2) is 38.4 Å². The van der Waals surface area contributed by atoms with Gasteiger partial charge in [-0.05, 0) is 25.1 Å².